The summed E-state index contributed by atoms with van der Waals surface area (Å²) in [5.41, 5.74) is 0. The summed E-state index contributed by atoms with van der Waals surface area (Å²) in [6.07, 6.45) is -4.18. The van der Waals surface area contributed by atoms with Gasteiger partial charge in [-0.15, -0.1) is 0 Å². The van der Waals surface area contributed by atoms with E-state index in [1.54, 1.807) is 0 Å². The van der Waals surface area contributed by atoms with Crippen LogP contribution in [0.5, 0.6) is 0 Å². The summed E-state index contributed by atoms with van der Waals surface area (Å²) in [5, 5.41) is 10.3. The highest BCUT2D eigenvalue weighted by Gasteiger charge is 2.58. The maximum atomic E-state index is 11.7. The Labute approximate surface area is 126 Å². The van der Waals surface area contributed by atoms with E-state index in [9.17, 15) is 24.3 Å². The molecule has 1 aliphatic heterocycles. The molecule has 0 aromatic carbocycles. The predicted octanol–water partition coefficient (Wildman–Crippen LogP) is -0.911. The molecule has 9 heteroatoms. The van der Waals surface area contributed by atoms with Crippen LogP contribution in [0.2, 0.25) is 0 Å². The number of ketones is 1. The lowest BCUT2D eigenvalue weighted by Crippen LogP contribution is -2.66. The number of esters is 3. The van der Waals surface area contributed by atoms with Gasteiger partial charge in [0.25, 0.3) is 5.79 Å². The van der Waals surface area contributed by atoms with Gasteiger partial charge in [0.15, 0.2) is 18.0 Å². The summed E-state index contributed by atoms with van der Waals surface area (Å²) < 4.78 is 19.8. The first-order valence-corrected chi connectivity index (χ1v) is 6.47. The summed E-state index contributed by atoms with van der Waals surface area (Å²) >= 11 is 0. The van der Waals surface area contributed by atoms with Gasteiger partial charge in [0.05, 0.1) is 6.61 Å². The Morgan fingerprint density at radius 1 is 0.955 bits per heavy atom. The Morgan fingerprint density at radius 3 is 1.86 bits per heavy atom. The van der Waals surface area contributed by atoms with Crippen molar-refractivity contribution in [2.45, 2.75) is 51.8 Å². The van der Waals surface area contributed by atoms with E-state index in [2.05, 4.69) is 0 Å². The van der Waals surface area contributed by atoms with Crippen LogP contribution in [0.4, 0.5) is 0 Å². The van der Waals surface area contributed by atoms with Gasteiger partial charge in [-0.3, -0.25) is 19.2 Å². The largest absolute Gasteiger partial charge is 0.456 e. The molecule has 0 bridgehead atoms. The molecule has 1 fully saturated rings. The topological polar surface area (TPSA) is 125 Å². The van der Waals surface area contributed by atoms with Gasteiger partial charge in [-0.2, -0.15) is 0 Å². The summed E-state index contributed by atoms with van der Waals surface area (Å²) in [6.45, 7) is 3.86. The molecule has 124 valence electrons. The number of aliphatic hydroxyl groups is 1. The highest BCUT2D eigenvalue weighted by Crippen LogP contribution is 2.31. The Kier molecular flexibility index (Phi) is 5.61. The quantitative estimate of drug-likeness (QED) is 0.517. The SMILES string of the molecule is CC(=O)O[C@@H]1[C@@H](OC(C)=O)C(O)(C(C)=O)OC[C@H]1OC(C)=O. The number of rotatable bonds is 4. The average Bonchev–Trinajstić information content (AvgIpc) is 2.35. The van der Waals surface area contributed by atoms with Gasteiger partial charge in [0, 0.05) is 27.7 Å². The van der Waals surface area contributed by atoms with Gasteiger partial charge >= 0.3 is 17.9 Å². The smallest absolute Gasteiger partial charge is 0.303 e. The molecule has 1 heterocycles. The molecule has 4 atom stereocenters. The Morgan fingerprint density at radius 2 is 1.45 bits per heavy atom. The Hall–Kier alpha value is -2.00. The molecule has 0 amide bonds. The van der Waals surface area contributed by atoms with E-state index in [4.69, 9.17) is 18.9 Å². The molecule has 0 aliphatic carbocycles. The van der Waals surface area contributed by atoms with Crippen LogP contribution in [0.1, 0.15) is 27.7 Å². The summed E-state index contributed by atoms with van der Waals surface area (Å²) in [4.78, 5) is 45.2. The van der Waals surface area contributed by atoms with Crippen LogP contribution >= 0.6 is 0 Å². The number of ether oxygens (including phenoxy) is 4. The highest BCUT2D eigenvalue weighted by molar-refractivity contribution is 5.84. The lowest BCUT2D eigenvalue weighted by atomic mass is 9.93. The van der Waals surface area contributed by atoms with Crippen molar-refractivity contribution >= 4 is 23.7 Å². The minimum Gasteiger partial charge on any atom is -0.456 e. The molecule has 0 radical (unpaired) electrons. The number of carbonyl (C=O) groups excluding carboxylic acids is 4. The third kappa shape index (κ3) is 4.01. The van der Waals surface area contributed by atoms with Crippen LogP contribution in [0.3, 0.4) is 0 Å². The van der Waals surface area contributed by atoms with E-state index in [0.717, 1.165) is 27.7 Å². The molecule has 0 aromatic heterocycles. The molecular formula is C13H18O9. The summed E-state index contributed by atoms with van der Waals surface area (Å²) in [6, 6.07) is 0. The van der Waals surface area contributed by atoms with Crippen molar-refractivity contribution in [2.75, 3.05) is 6.61 Å². The van der Waals surface area contributed by atoms with Crippen LogP contribution < -0.4 is 0 Å². The van der Waals surface area contributed by atoms with Crippen LogP contribution in [0.25, 0.3) is 0 Å². The highest BCUT2D eigenvalue weighted by atomic mass is 16.7. The number of hydrogen-bond donors (Lipinski definition) is 1. The van der Waals surface area contributed by atoms with Gasteiger partial charge in [-0.05, 0) is 0 Å². The third-order valence-corrected chi connectivity index (χ3v) is 2.93. The van der Waals surface area contributed by atoms with Gasteiger partial charge in [0.2, 0.25) is 6.10 Å². The zero-order chi connectivity index (χ0) is 17.1. The third-order valence-electron chi connectivity index (χ3n) is 2.93. The molecule has 22 heavy (non-hydrogen) atoms. The van der Waals surface area contributed by atoms with Crippen molar-refractivity contribution < 1.29 is 43.2 Å². The molecule has 1 aliphatic rings. The van der Waals surface area contributed by atoms with Crippen LogP contribution in [-0.2, 0) is 38.1 Å². The Balaban J connectivity index is 3.21. The fourth-order valence-electron chi connectivity index (χ4n) is 2.08. The zero-order valence-corrected chi connectivity index (χ0v) is 12.7. The predicted molar refractivity (Wildman–Crippen MR) is 68.2 cm³/mol. The van der Waals surface area contributed by atoms with Crippen molar-refractivity contribution in [3.05, 3.63) is 0 Å². The van der Waals surface area contributed by atoms with Crippen molar-refractivity contribution in [3.63, 3.8) is 0 Å². The number of hydrogen-bond acceptors (Lipinski definition) is 9. The molecule has 1 rings (SSSR count). The molecule has 0 spiro atoms. The first-order valence-electron chi connectivity index (χ1n) is 6.47. The second-order valence-corrected chi connectivity index (χ2v) is 4.82. The normalized spacial score (nSPS) is 31.0. The summed E-state index contributed by atoms with van der Waals surface area (Å²) in [7, 11) is 0. The first-order chi connectivity index (χ1) is 10.1. The van der Waals surface area contributed by atoms with Crippen LogP contribution in [-0.4, -0.2) is 59.5 Å². The molecule has 0 aromatic rings. The van der Waals surface area contributed by atoms with Crippen molar-refractivity contribution in [3.8, 4) is 0 Å². The monoisotopic (exact) mass is 318 g/mol. The minimum absolute atomic E-state index is 0.411. The molecule has 0 saturated carbocycles. The van der Waals surface area contributed by atoms with Gasteiger partial charge in [0.1, 0.15) is 0 Å². The lowest BCUT2D eigenvalue weighted by molar-refractivity contribution is -0.308. The van der Waals surface area contributed by atoms with E-state index in [0.29, 0.717) is 0 Å². The average molecular weight is 318 g/mol. The molecule has 9 nitrogen and oxygen atoms in total. The maximum absolute atomic E-state index is 11.7. The van der Waals surface area contributed by atoms with E-state index >= 15 is 0 Å². The van der Waals surface area contributed by atoms with E-state index < -0.39 is 54.4 Å². The van der Waals surface area contributed by atoms with E-state index in [1.807, 2.05) is 0 Å². The van der Waals surface area contributed by atoms with Gasteiger partial charge in [-0.25, -0.2) is 0 Å². The second-order valence-electron chi connectivity index (χ2n) is 4.82. The van der Waals surface area contributed by atoms with E-state index in [-0.39, 0.29) is 0 Å². The maximum Gasteiger partial charge on any atom is 0.303 e. The van der Waals surface area contributed by atoms with Crippen molar-refractivity contribution in [1.82, 2.24) is 0 Å². The van der Waals surface area contributed by atoms with E-state index in [1.165, 1.54) is 0 Å². The van der Waals surface area contributed by atoms with Crippen LogP contribution in [0, 0.1) is 0 Å². The zero-order valence-electron chi connectivity index (χ0n) is 12.7. The van der Waals surface area contributed by atoms with Crippen LogP contribution in [0.15, 0.2) is 0 Å². The number of Topliss-reactive ketones (excluding diaryl/α,β-unsaturated/α-hetero) is 1. The summed E-state index contributed by atoms with van der Waals surface area (Å²) in [5.74, 6) is -5.65. The van der Waals surface area contributed by atoms with Crippen molar-refractivity contribution in [1.29, 1.82) is 0 Å². The molecule has 1 unspecified atom stereocenters. The fraction of sp³-hybridized carbons (Fsp3) is 0.692. The fourth-order valence-corrected chi connectivity index (χ4v) is 2.08. The van der Waals surface area contributed by atoms with Gasteiger partial charge < -0.3 is 24.1 Å². The first kappa shape index (κ1) is 18.1. The standard InChI is InChI=1S/C13H18O9/c1-6(14)13(18)12(22-9(4)17)11(21-8(3)16)10(5-19-13)20-7(2)15/h10-12,18H,5H2,1-4H3/t10-,11+,12-,13?/m1/s1. The van der Waals surface area contributed by atoms with Crippen molar-refractivity contribution in [2.24, 2.45) is 0 Å². The molecular weight excluding hydrogens is 300 g/mol. The Bertz CT molecular complexity index is 486. The number of carbonyl (C=O) groups is 4. The molecule has 1 N–H and O–H groups in total. The lowest BCUT2D eigenvalue weighted by Gasteiger charge is -2.43. The molecule has 1 saturated heterocycles. The minimum atomic E-state index is -2.50. The van der Waals surface area contributed by atoms with Gasteiger partial charge in [-0.1, -0.05) is 0 Å². The second kappa shape index (κ2) is 6.84.